The highest BCUT2D eigenvalue weighted by molar-refractivity contribution is 5.73. The Bertz CT molecular complexity index is 731. The van der Waals surface area contributed by atoms with E-state index in [4.69, 9.17) is 23.7 Å². The molecule has 3 aliphatic heterocycles. The van der Waals surface area contributed by atoms with Crippen LogP contribution in [0.5, 0.6) is 0 Å². The average Bonchev–Trinajstić information content (AvgIpc) is 2.83. The highest BCUT2D eigenvalue weighted by atomic mass is 16.8. The third-order valence-electron chi connectivity index (χ3n) is 6.44. The summed E-state index contributed by atoms with van der Waals surface area (Å²) in [5.41, 5.74) is 0. The van der Waals surface area contributed by atoms with Gasteiger partial charge in [0.15, 0.2) is 18.9 Å². The van der Waals surface area contributed by atoms with Gasteiger partial charge in [0.05, 0.1) is 19.3 Å². The fraction of sp³-hybridized carbons (Fsp3) is 0.950. The van der Waals surface area contributed by atoms with Crippen molar-refractivity contribution in [3.05, 3.63) is 0 Å². The Balaban J connectivity index is 1.78. The first kappa shape index (κ1) is 29.5. The summed E-state index contributed by atoms with van der Waals surface area (Å²) in [6, 6.07) is -1.36. The minimum absolute atomic E-state index is 0.538. The second-order valence-electron chi connectivity index (χ2n) is 9.09. The smallest absolute Gasteiger partial charge is 0.217 e. The number of carbonyl (C=O) groups excluding carboxylic acids is 1. The van der Waals surface area contributed by atoms with E-state index >= 15 is 0 Å². The molecule has 0 aromatic carbocycles. The fourth-order valence-corrected chi connectivity index (χ4v) is 4.28. The molecule has 3 saturated heterocycles. The Morgan fingerprint density at radius 1 is 0.778 bits per heavy atom. The van der Waals surface area contributed by atoms with Gasteiger partial charge < -0.3 is 75.0 Å². The van der Waals surface area contributed by atoms with Gasteiger partial charge in [0.2, 0.25) is 5.91 Å². The standard InChI is InChI=1S/C20H35NO15/c1-5-10(24)15(29)17(20(33-5)32-4-8-12(26)14(28)16(30)18(31)34-8)36-19-9(21-6(2)23)13(27)11(25)7(3-22)35-19/h5,7-20,22,24-31H,3-4H2,1-2H3,(H,21,23)/t5-,7-,8-,9-,10-,11-,12-,13-,14+,15+,16-,17+,18?,19+,20+/m1/s1. The van der Waals surface area contributed by atoms with Crippen molar-refractivity contribution in [2.75, 3.05) is 13.2 Å². The molecule has 1 amide bonds. The zero-order valence-corrected chi connectivity index (χ0v) is 19.5. The van der Waals surface area contributed by atoms with Crippen LogP contribution < -0.4 is 5.32 Å². The maximum absolute atomic E-state index is 11.7. The predicted molar refractivity (Wildman–Crippen MR) is 111 cm³/mol. The van der Waals surface area contributed by atoms with Crippen LogP contribution in [0.15, 0.2) is 0 Å². The zero-order chi connectivity index (χ0) is 26.9. The Morgan fingerprint density at radius 2 is 1.42 bits per heavy atom. The Hall–Kier alpha value is -1.09. The van der Waals surface area contributed by atoms with Crippen LogP contribution in [0.25, 0.3) is 0 Å². The summed E-state index contributed by atoms with van der Waals surface area (Å²) < 4.78 is 27.4. The highest BCUT2D eigenvalue weighted by Gasteiger charge is 2.51. The summed E-state index contributed by atoms with van der Waals surface area (Å²) in [4.78, 5) is 11.7. The van der Waals surface area contributed by atoms with Crippen molar-refractivity contribution in [3.8, 4) is 0 Å². The largest absolute Gasteiger partial charge is 0.394 e. The van der Waals surface area contributed by atoms with Gasteiger partial charge in [-0.1, -0.05) is 0 Å². The molecule has 0 aliphatic carbocycles. The number of rotatable bonds is 7. The van der Waals surface area contributed by atoms with E-state index < -0.39 is 111 Å². The Morgan fingerprint density at radius 3 is 2.03 bits per heavy atom. The molecule has 3 aliphatic rings. The number of hydrogen-bond donors (Lipinski definition) is 10. The van der Waals surface area contributed by atoms with Gasteiger partial charge >= 0.3 is 0 Å². The fourth-order valence-electron chi connectivity index (χ4n) is 4.28. The molecule has 0 spiro atoms. The second kappa shape index (κ2) is 12.2. The first-order valence-corrected chi connectivity index (χ1v) is 11.4. The van der Waals surface area contributed by atoms with Gasteiger partial charge in [-0.25, -0.2) is 0 Å². The molecule has 15 atom stereocenters. The number of aliphatic hydroxyl groups excluding tert-OH is 9. The summed E-state index contributed by atoms with van der Waals surface area (Å²) in [5, 5.41) is 92.8. The van der Waals surface area contributed by atoms with E-state index in [1.54, 1.807) is 0 Å². The van der Waals surface area contributed by atoms with Crippen molar-refractivity contribution in [1.82, 2.24) is 5.32 Å². The van der Waals surface area contributed by atoms with Crippen molar-refractivity contribution >= 4 is 5.91 Å². The van der Waals surface area contributed by atoms with Crippen LogP contribution in [0.2, 0.25) is 0 Å². The zero-order valence-electron chi connectivity index (χ0n) is 19.5. The molecule has 10 N–H and O–H groups in total. The summed E-state index contributed by atoms with van der Waals surface area (Å²) in [5.74, 6) is -0.615. The van der Waals surface area contributed by atoms with Crippen LogP contribution in [0.4, 0.5) is 0 Å². The van der Waals surface area contributed by atoms with Crippen LogP contribution in [0, 0.1) is 0 Å². The summed E-state index contributed by atoms with van der Waals surface area (Å²) in [6.45, 7) is 1.31. The summed E-state index contributed by atoms with van der Waals surface area (Å²) >= 11 is 0. The quantitative estimate of drug-likeness (QED) is 0.147. The van der Waals surface area contributed by atoms with E-state index in [2.05, 4.69) is 5.32 Å². The van der Waals surface area contributed by atoms with Gasteiger partial charge in [-0.2, -0.15) is 0 Å². The molecule has 36 heavy (non-hydrogen) atoms. The lowest BCUT2D eigenvalue weighted by Crippen LogP contribution is -2.67. The third-order valence-corrected chi connectivity index (χ3v) is 6.44. The normalized spacial score (nSPS) is 50.0. The third kappa shape index (κ3) is 6.13. The van der Waals surface area contributed by atoms with Gasteiger partial charge in [-0.05, 0) is 6.92 Å². The number of nitrogens with one attached hydrogen (secondary N) is 1. The predicted octanol–water partition coefficient (Wildman–Crippen LogP) is -6.40. The Labute approximate surface area is 205 Å². The van der Waals surface area contributed by atoms with Crippen LogP contribution >= 0.6 is 0 Å². The van der Waals surface area contributed by atoms with Gasteiger partial charge in [0, 0.05) is 6.92 Å². The lowest BCUT2D eigenvalue weighted by molar-refractivity contribution is -0.359. The SMILES string of the molecule is CC(=O)N[C@H]1[C@H](O[C@@H]2[C@@H](OC[C@H]3OC(O)[C@H](O)[C@@H](O)[C@@H]3O)O[C@H](C)[C@@H](O)[C@@H]2O)O[C@H](CO)[C@@H](O)[C@@H]1O. The molecule has 0 radical (unpaired) electrons. The Kier molecular flexibility index (Phi) is 9.97. The lowest BCUT2D eigenvalue weighted by atomic mass is 9.96. The van der Waals surface area contributed by atoms with Gasteiger partial charge in [-0.15, -0.1) is 0 Å². The summed E-state index contributed by atoms with van der Waals surface area (Å²) in [7, 11) is 0. The second-order valence-corrected chi connectivity index (χ2v) is 9.09. The molecule has 0 aromatic heterocycles. The topological polar surface area (TPSA) is 257 Å². The van der Waals surface area contributed by atoms with Crippen molar-refractivity contribution in [3.63, 3.8) is 0 Å². The lowest BCUT2D eigenvalue weighted by Gasteiger charge is -2.47. The van der Waals surface area contributed by atoms with Crippen molar-refractivity contribution in [2.24, 2.45) is 0 Å². The molecule has 16 heteroatoms. The van der Waals surface area contributed by atoms with E-state index in [0.29, 0.717) is 0 Å². The van der Waals surface area contributed by atoms with Crippen LogP contribution in [0.1, 0.15) is 13.8 Å². The van der Waals surface area contributed by atoms with Gasteiger partial charge in [0.25, 0.3) is 0 Å². The van der Waals surface area contributed by atoms with E-state index in [-0.39, 0.29) is 0 Å². The van der Waals surface area contributed by atoms with Crippen molar-refractivity contribution in [2.45, 2.75) is 106 Å². The molecule has 3 heterocycles. The molecule has 0 saturated carbocycles. The number of aliphatic hydroxyl groups is 9. The number of ether oxygens (including phenoxy) is 5. The molecular formula is C20H35NO15. The van der Waals surface area contributed by atoms with Gasteiger partial charge in [0.1, 0.15) is 67.1 Å². The number of hydrogen-bond acceptors (Lipinski definition) is 15. The van der Waals surface area contributed by atoms with Crippen LogP contribution in [0.3, 0.4) is 0 Å². The van der Waals surface area contributed by atoms with E-state index in [1.165, 1.54) is 6.92 Å². The first-order valence-electron chi connectivity index (χ1n) is 11.4. The minimum Gasteiger partial charge on any atom is -0.394 e. The molecule has 0 bridgehead atoms. The maximum atomic E-state index is 11.7. The van der Waals surface area contributed by atoms with Crippen molar-refractivity contribution < 1.29 is 74.4 Å². The number of amides is 1. The molecule has 16 nitrogen and oxygen atoms in total. The molecule has 3 fully saturated rings. The minimum atomic E-state index is -1.82. The summed E-state index contributed by atoms with van der Waals surface area (Å²) in [6.07, 6.45) is -21.6. The number of carbonyl (C=O) groups is 1. The molecule has 1 unspecified atom stereocenters. The van der Waals surface area contributed by atoms with E-state index in [1.807, 2.05) is 0 Å². The van der Waals surface area contributed by atoms with Crippen molar-refractivity contribution in [1.29, 1.82) is 0 Å². The highest BCUT2D eigenvalue weighted by Crippen LogP contribution is 2.30. The van der Waals surface area contributed by atoms with E-state index in [0.717, 1.165) is 6.92 Å². The maximum Gasteiger partial charge on any atom is 0.217 e. The van der Waals surface area contributed by atoms with Gasteiger partial charge in [-0.3, -0.25) is 4.79 Å². The molecular weight excluding hydrogens is 494 g/mol. The van der Waals surface area contributed by atoms with E-state index in [9.17, 15) is 50.8 Å². The van der Waals surface area contributed by atoms with Crippen LogP contribution in [-0.2, 0) is 28.5 Å². The molecule has 0 aromatic rings. The first-order chi connectivity index (χ1) is 16.9. The monoisotopic (exact) mass is 529 g/mol. The molecule has 3 rings (SSSR count). The average molecular weight is 529 g/mol. The van der Waals surface area contributed by atoms with Crippen LogP contribution in [-0.4, -0.2) is 157 Å². The molecule has 210 valence electrons.